The molecule has 2 fully saturated rings. The Balaban J connectivity index is 1.96. The smallest absolute Gasteiger partial charge is 0.392 e. The number of aliphatic hydroxyl groups excluding tert-OH is 1. The summed E-state index contributed by atoms with van der Waals surface area (Å²) in [5, 5.41) is 9.05. The molecule has 0 heterocycles. The van der Waals surface area contributed by atoms with Crippen LogP contribution in [0.25, 0.3) is 0 Å². The molecule has 2 aliphatic rings. The fraction of sp³-hybridized carbons (Fsp3) is 0.600. The van der Waals surface area contributed by atoms with E-state index < -0.39 is 11.7 Å². The molecule has 2 nitrogen and oxygen atoms in total. The van der Waals surface area contributed by atoms with Crippen LogP contribution in [0.4, 0.5) is 18.9 Å². The minimum atomic E-state index is -4.38. The number of aliphatic hydroxyl groups is 1. The molecule has 0 bridgehead atoms. The monoisotopic (exact) mass is 285 g/mol. The maximum absolute atomic E-state index is 13.3. The summed E-state index contributed by atoms with van der Waals surface area (Å²) in [5.41, 5.74) is -0.0241. The van der Waals surface area contributed by atoms with Gasteiger partial charge in [-0.05, 0) is 49.3 Å². The molecule has 0 saturated heterocycles. The number of halogens is 3. The zero-order valence-corrected chi connectivity index (χ0v) is 11.2. The highest BCUT2D eigenvalue weighted by Gasteiger charge is 2.40. The van der Waals surface area contributed by atoms with E-state index in [0.29, 0.717) is 11.5 Å². The Kier molecular flexibility index (Phi) is 3.40. The molecule has 1 aromatic rings. The first-order valence-electron chi connectivity index (χ1n) is 7.06. The molecule has 1 aromatic carbocycles. The topological polar surface area (TPSA) is 23.5 Å². The largest absolute Gasteiger partial charge is 0.418 e. The molecule has 110 valence electrons. The molecule has 20 heavy (non-hydrogen) atoms. The van der Waals surface area contributed by atoms with E-state index in [4.69, 9.17) is 5.11 Å². The minimum absolute atomic E-state index is 0.261. The van der Waals surface area contributed by atoms with Crippen LogP contribution in [0.3, 0.4) is 0 Å². The number of alkyl halides is 3. The van der Waals surface area contributed by atoms with Gasteiger partial charge in [0.15, 0.2) is 0 Å². The third-order valence-electron chi connectivity index (χ3n) is 4.00. The highest BCUT2D eigenvalue weighted by atomic mass is 19.4. The summed E-state index contributed by atoms with van der Waals surface area (Å²) in [6, 6.07) is 4.45. The lowest BCUT2D eigenvalue weighted by Gasteiger charge is -2.28. The summed E-state index contributed by atoms with van der Waals surface area (Å²) >= 11 is 0. The lowest BCUT2D eigenvalue weighted by molar-refractivity contribution is -0.137. The van der Waals surface area contributed by atoms with Crippen molar-refractivity contribution in [3.8, 4) is 0 Å². The second-order valence-electron chi connectivity index (χ2n) is 5.83. The van der Waals surface area contributed by atoms with Gasteiger partial charge in [0.1, 0.15) is 0 Å². The van der Waals surface area contributed by atoms with Gasteiger partial charge in [0, 0.05) is 18.3 Å². The highest BCUT2D eigenvalue weighted by Crippen LogP contribution is 2.43. The quantitative estimate of drug-likeness (QED) is 0.894. The molecular formula is C15H18F3NO. The van der Waals surface area contributed by atoms with E-state index in [9.17, 15) is 13.2 Å². The molecule has 1 N–H and O–H groups in total. The van der Waals surface area contributed by atoms with Crippen molar-refractivity contribution in [3.63, 3.8) is 0 Å². The summed E-state index contributed by atoms with van der Waals surface area (Å²) in [5.74, 6) is 0.550. The Bertz CT molecular complexity index is 492. The zero-order valence-electron chi connectivity index (χ0n) is 11.2. The Morgan fingerprint density at radius 1 is 1.15 bits per heavy atom. The summed E-state index contributed by atoms with van der Waals surface area (Å²) < 4.78 is 39.8. The maximum atomic E-state index is 13.3. The van der Waals surface area contributed by atoms with Crippen LogP contribution in [0.5, 0.6) is 0 Å². The molecule has 5 heteroatoms. The molecule has 0 aliphatic heterocycles. The van der Waals surface area contributed by atoms with Crippen molar-refractivity contribution in [1.82, 2.24) is 0 Å². The third kappa shape index (κ3) is 2.92. The molecule has 0 unspecified atom stereocenters. The average Bonchev–Trinajstić information content (AvgIpc) is 3.26. The summed E-state index contributed by atoms with van der Waals surface area (Å²) in [4.78, 5) is 1.93. The first-order chi connectivity index (χ1) is 9.49. The van der Waals surface area contributed by atoms with Crippen LogP contribution in [0.2, 0.25) is 0 Å². The van der Waals surface area contributed by atoms with Crippen LogP contribution < -0.4 is 4.90 Å². The van der Waals surface area contributed by atoms with Crippen LogP contribution in [0.1, 0.15) is 36.8 Å². The fourth-order valence-electron chi connectivity index (χ4n) is 2.57. The van der Waals surface area contributed by atoms with E-state index in [1.54, 1.807) is 6.07 Å². The van der Waals surface area contributed by atoms with Gasteiger partial charge in [-0.2, -0.15) is 13.2 Å². The van der Waals surface area contributed by atoms with Crippen molar-refractivity contribution in [2.75, 3.05) is 11.4 Å². The van der Waals surface area contributed by atoms with Gasteiger partial charge in [0.05, 0.1) is 12.2 Å². The highest BCUT2D eigenvalue weighted by molar-refractivity contribution is 5.58. The summed E-state index contributed by atoms with van der Waals surface area (Å²) in [6.07, 6.45) is -0.173. The molecule has 0 radical (unpaired) electrons. The van der Waals surface area contributed by atoms with E-state index >= 15 is 0 Å². The predicted octanol–water partition coefficient (Wildman–Crippen LogP) is 3.58. The molecule has 0 atom stereocenters. The first-order valence-corrected chi connectivity index (χ1v) is 7.06. The number of rotatable bonds is 5. The van der Waals surface area contributed by atoms with Crippen LogP contribution >= 0.6 is 0 Å². The molecule has 0 amide bonds. The molecule has 0 aromatic heterocycles. The van der Waals surface area contributed by atoms with Crippen LogP contribution in [-0.2, 0) is 12.8 Å². The number of benzene rings is 1. The van der Waals surface area contributed by atoms with Gasteiger partial charge in [-0.1, -0.05) is 6.07 Å². The van der Waals surface area contributed by atoms with Gasteiger partial charge in [-0.3, -0.25) is 0 Å². The predicted molar refractivity (Wildman–Crippen MR) is 70.5 cm³/mol. The SMILES string of the molecule is OCc1ccc(N(CC2CC2)C2CC2)c(C(F)(F)F)c1. The number of hydrogen-bond acceptors (Lipinski definition) is 2. The van der Waals surface area contributed by atoms with E-state index in [2.05, 4.69) is 0 Å². The van der Waals surface area contributed by atoms with Crippen molar-refractivity contribution in [2.45, 2.75) is 44.5 Å². The van der Waals surface area contributed by atoms with Gasteiger partial charge < -0.3 is 10.0 Å². The molecule has 2 aliphatic carbocycles. The van der Waals surface area contributed by atoms with Crippen molar-refractivity contribution < 1.29 is 18.3 Å². The Morgan fingerprint density at radius 2 is 1.85 bits per heavy atom. The van der Waals surface area contributed by atoms with E-state index in [-0.39, 0.29) is 18.3 Å². The van der Waals surface area contributed by atoms with Gasteiger partial charge >= 0.3 is 6.18 Å². The fourth-order valence-corrected chi connectivity index (χ4v) is 2.57. The molecule has 2 saturated carbocycles. The normalized spacial score (nSPS) is 19.2. The van der Waals surface area contributed by atoms with Gasteiger partial charge in [0.2, 0.25) is 0 Å². The van der Waals surface area contributed by atoms with Gasteiger partial charge in [0.25, 0.3) is 0 Å². The van der Waals surface area contributed by atoms with Crippen molar-refractivity contribution in [1.29, 1.82) is 0 Å². The molecular weight excluding hydrogens is 267 g/mol. The Labute approximate surface area is 116 Å². The number of anilines is 1. The second-order valence-corrected chi connectivity index (χ2v) is 5.83. The van der Waals surface area contributed by atoms with E-state index in [1.165, 1.54) is 6.07 Å². The number of nitrogens with zero attached hydrogens (tertiary/aromatic N) is 1. The Hall–Kier alpha value is -1.23. The van der Waals surface area contributed by atoms with Gasteiger partial charge in [-0.15, -0.1) is 0 Å². The van der Waals surface area contributed by atoms with Crippen molar-refractivity contribution in [3.05, 3.63) is 29.3 Å². The lowest BCUT2D eigenvalue weighted by atomic mass is 10.1. The lowest BCUT2D eigenvalue weighted by Crippen LogP contribution is -2.30. The maximum Gasteiger partial charge on any atom is 0.418 e. The summed E-state index contributed by atoms with van der Waals surface area (Å²) in [7, 11) is 0. The van der Waals surface area contributed by atoms with Gasteiger partial charge in [-0.25, -0.2) is 0 Å². The van der Waals surface area contributed by atoms with E-state index in [0.717, 1.165) is 38.3 Å². The number of hydrogen-bond donors (Lipinski definition) is 1. The summed E-state index contributed by atoms with van der Waals surface area (Å²) in [6.45, 7) is 0.363. The molecule has 3 rings (SSSR count). The zero-order chi connectivity index (χ0) is 14.3. The average molecular weight is 285 g/mol. The minimum Gasteiger partial charge on any atom is -0.392 e. The first kappa shape index (κ1) is 13.7. The van der Waals surface area contributed by atoms with Crippen LogP contribution in [0, 0.1) is 5.92 Å². The van der Waals surface area contributed by atoms with E-state index in [1.807, 2.05) is 4.90 Å². The third-order valence-corrected chi connectivity index (χ3v) is 4.00. The Morgan fingerprint density at radius 3 is 2.35 bits per heavy atom. The van der Waals surface area contributed by atoms with Crippen molar-refractivity contribution in [2.24, 2.45) is 5.92 Å². The second kappa shape index (κ2) is 4.95. The molecule has 0 spiro atoms. The van der Waals surface area contributed by atoms with Crippen LogP contribution in [-0.4, -0.2) is 17.7 Å². The standard InChI is InChI=1S/C15H18F3NO/c16-15(17,18)13-7-11(9-20)3-6-14(13)19(12-4-5-12)8-10-1-2-10/h3,6-7,10,12,20H,1-2,4-5,8-9H2. The van der Waals surface area contributed by atoms with Crippen molar-refractivity contribution >= 4 is 5.69 Å². The van der Waals surface area contributed by atoms with Crippen LogP contribution in [0.15, 0.2) is 18.2 Å².